The molecule has 0 radical (unpaired) electrons. The second-order valence-electron chi connectivity index (χ2n) is 5.04. The quantitative estimate of drug-likeness (QED) is 0.834. The standard InChI is InChI=1S/C15H18N2O/c1-11-10-12-4-2-3-5-14(12)16-15(11)17-8-6-13(18)7-9-17/h2-5,10,13,18H,6-9H2,1H3. The lowest BCUT2D eigenvalue weighted by Gasteiger charge is -2.31. The summed E-state index contributed by atoms with van der Waals surface area (Å²) in [5.74, 6) is 1.07. The molecule has 3 rings (SSSR count). The van der Waals surface area contributed by atoms with Gasteiger partial charge in [-0.15, -0.1) is 0 Å². The van der Waals surface area contributed by atoms with E-state index in [4.69, 9.17) is 4.98 Å². The molecule has 0 bridgehead atoms. The van der Waals surface area contributed by atoms with E-state index in [1.54, 1.807) is 0 Å². The van der Waals surface area contributed by atoms with Gasteiger partial charge in [-0.2, -0.15) is 0 Å². The largest absolute Gasteiger partial charge is 0.393 e. The number of para-hydroxylation sites is 1. The van der Waals surface area contributed by atoms with Crippen molar-refractivity contribution in [1.82, 2.24) is 4.98 Å². The molecule has 0 unspecified atom stereocenters. The second kappa shape index (κ2) is 4.58. The van der Waals surface area contributed by atoms with E-state index < -0.39 is 0 Å². The molecule has 1 aromatic heterocycles. The molecule has 3 heteroatoms. The summed E-state index contributed by atoms with van der Waals surface area (Å²) in [6.07, 6.45) is 1.55. The molecule has 0 spiro atoms. The number of aliphatic hydroxyl groups excluding tert-OH is 1. The third-order valence-corrected chi connectivity index (χ3v) is 3.65. The maximum absolute atomic E-state index is 9.57. The van der Waals surface area contributed by atoms with Gasteiger partial charge in [0.15, 0.2) is 0 Å². The summed E-state index contributed by atoms with van der Waals surface area (Å²) in [5, 5.41) is 10.8. The molecule has 1 fully saturated rings. The van der Waals surface area contributed by atoms with E-state index in [1.807, 2.05) is 12.1 Å². The van der Waals surface area contributed by atoms with Gasteiger partial charge < -0.3 is 10.0 Å². The number of nitrogens with zero attached hydrogens (tertiary/aromatic N) is 2. The summed E-state index contributed by atoms with van der Waals surface area (Å²) in [5.41, 5.74) is 2.26. The number of anilines is 1. The van der Waals surface area contributed by atoms with E-state index >= 15 is 0 Å². The lowest BCUT2D eigenvalue weighted by molar-refractivity contribution is 0.145. The van der Waals surface area contributed by atoms with Gasteiger partial charge in [-0.25, -0.2) is 4.98 Å². The van der Waals surface area contributed by atoms with E-state index in [9.17, 15) is 5.11 Å². The Labute approximate surface area is 107 Å². The van der Waals surface area contributed by atoms with Crippen LogP contribution in [0.25, 0.3) is 10.9 Å². The first kappa shape index (κ1) is 11.5. The summed E-state index contributed by atoms with van der Waals surface area (Å²) in [4.78, 5) is 7.05. The SMILES string of the molecule is Cc1cc2ccccc2nc1N1CCC(O)CC1. The van der Waals surface area contributed by atoms with Crippen molar-refractivity contribution in [2.45, 2.75) is 25.9 Å². The van der Waals surface area contributed by atoms with Crippen molar-refractivity contribution in [2.24, 2.45) is 0 Å². The fourth-order valence-electron chi connectivity index (χ4n) is 2.61. The first-order chi connectivity index (χ1) is 8.74. The lowest BCUT2D eigenvalue weighted by atomic mass is 10.1. The van der Waals surface area contributed by atoms with Gasteiger partial charge in [0.2, 0.25) is 0 Å². The predicted octanol–water partition coefficient (Wildman–Crippen LogP) is 2.50. The minimum absolute atomic E-state index is 0.137. The van der Waals surface area contributed by atoms with Gasteiger partial charge in [0.1, 0.15) is 5.82 Å². The van der Waals surface area contributed by atoms with Crippen LogP contribution in [0.2, 0.25) is 0 Å². The summed E-state index contributed by atoms with van der Waals surface area (Å²) >= 11 is 0. The van der Waals surface area contributed by atoms with E-state index in [0.717, 1.165) is 37.3 Å². The zero-order valence-electron chi connectivity index (χ0n) is 10.6. The molecule has 1 saturated heterocycles. The van der Waals surface area contributed by atoms with Crippen LogP contribution in [0.5, 0.6) is 0 Å². The van der Waals surface area contributed by atoms with Crippen molar-refractivity contribution in [3.8, 4) is 0 Å². The Kier molecular flexibility index (Phi) is 2.92. The number of piperidine rings is 1. The molecule has 94 valence electrons. The van der Waals surface area contributed by atoms with Gasteiger partial charge in [0, 0.05) is 18.5 Å². The maximum atomic E-state index is 9.57. The van der Waals surface area contributed by atoms with Gasteiger partial charge >= 0.3 is 0 Å². The van der Waals surface area contributed by atoms with Crippen molar-refractivity contribution in [2.75, 3.05) is 18.0 Å². The third-order valence-electron chi connectivity index (χ3n) is 3.65. The number of aromatic nitrogens is 1. The van der Waals surface area contributed by atoms with Crippen molar-refractivity contribution in [1.29, 1.82) is 0 Å². The summed E-state index contributed by atoms with van der Waals surface area (Å²) < 4.78 is 0. The van der Waals surface area contributed by atoms with Crippen LogP contribution in [0, 0.1) is 6.92 Å². The monoisotopic (exact) mass is 242 g/mol. The fraction of sp³-hybridized carbons (Fsp3) is 0.400. The minimum atomic E-state index is -0.137. The average Bonchev–Trinajstić information content (AvgIpc) is 2.39. The maximum Gasteiger partial charge on any atom is 0.132 e. The number of fused-ring (bicyclic) bond motifs is 1. The smallest absolute Gasteiger partial charge is 0.132 e. The van der Waals surface area contributed by atoms with Crippen LogP contribution in [-0.2, 0) is 0 Å². The molecule has 0 aliphatic carbocycles. The molecule has 2 heterocycles. The minimum Gasteiger partial charge on any atom is -0.393 e. The predicted molar refractivity (Wildman–Crippen MR) is 73.9 cm³/mol. The molecular weight excluding hydrogens is 224 g/mol. The number of hydrogen-bond acceptors (Lipinski definition) is 3. The van der Waals surface area contributed by atoms with Crippen LogP contribution in [0.3, 0.4) is 0 Å². The number of benzene rings is 1. The summed E-state index contributed by atoms with van der Waals surface area (Å²) in [6, 6.07) is 10.4. The molecule has 2 aromatic rings. The van der Waals surface area contributed by atoms with Gasteiger partial charge in [0.25, 0.3) is 0 Å². The summed E-state index contributed by atoms with van der Waals surface area (Å²) in [7, 11) is 0. The van der Waals surface area contributed by atoms with Crippen LogP contribution < -0.4 is 4.90 Å². The number of rotatable bonds is 1. The topological polar surface area (TPSA) is 36.4 Å². The van der Waals surface area contributed by atoms with Gasteiger partial charge in [0.05, 0.1) is 11.6 Å². The Morgan fingerprint density at radius 2 is 1.94 bits per heavy atom. The fourth-order valence-corrected chi connectivity index (χ4v) is 2.61. The Hall–Kier alpha value is -1.61. The molecule has 0 atom stereocenters. The van der Waals surface area contributed by atoms with Crippen LogP contribution in [0.15, 0.2) is 30.3 Å². The highest BCUT2D eigenvalue weighted by Crippen LogP contribution is 2.25. The van der Waals surface area contributed by atoms with E-state index in [2.05, 4.69) is 30.0 Å². The molecule has 1 aliphatic heterocycles. The van der Waals surface area contributed by atoms with E-state index in [-0.39, 0.29) is 6.10 Å². The molecule has 1 aromatic carbocycles. The van der Waals surface area contributed by atoms with Crippen molar-refractivity contribution < 1.29 is 5.11 Å². The Morgan fingerprint density at radius 3 is 2.72 bits per heavy atom. The molecule has 0 amide bonds. The number of aliphatic hydroxyl groups is 1. The zero-order chi connectivity index (χ0) is 12.5. The van der Waals surface area contributed by atoms with E-state index in [1.165, 1.54) is 10.9 Å². The van der Waals surface area contributed by atoms with Gasteiger partial charge in [-0.05, 0) is 37.5 Å². The lowest BCUT2D eigenvalue weighted by Crippen LogP contribution is -2.36. The van der Waals surface area contributed by atoms with Gasteiger partial charge in [-0.3, -0.25) is 0 Å². The van der Waals surface area contributed by atoms with Crippen LogP contribution >= 0.6 is 0 Å². The molecule has 18 heavy (non-hydrogen) atoms. The van der Waals surface area contributed by atoms with Gasteiger partial charge in [-0.1, -0.05) is 18.2 Å². The number of hydrogen-bond donors (Lipinski definition) is 1. The molecular formula is C15H18N2O. The molecule has 1 aliphatic rings. The Balaban J connectivity index is 1.98. The molecule has 0 saturated carbocycles. The first-order valence-corrected chi connectivity index (χ1v) is 6.53. The van der Waals surface area contributed by atoms with E-state index in [0.29, 0.717) is 0 Å². The highest BCUT2D eigenvalue weighted by atomic mass is 16.3. The highest BCUT2D eigenvalue weighted by molar-refractivity contribution is 5.81. The molecule has 3 nitrogen and oxygen atoms in total. The Morgan fingerprint density at radius 1 is 1.22 bits per heavy atom. The summed E-state index contributed by atoms with van der Waals surface area (Å²) in [6.45, 7) is 3.90. The van der Waals surface area contributed by atoms with Crippen molar-refractivity contribution in [3.63, 3.8) is 0 Å². The second-order valence-corrected chi connectivity index (χ2v) is 5.04. The molecule has 1 N–H and O–H groups in total. The number of aryl methyl sites for hydroxylation is 1. The normalized spacial score (nSPS) is 17.3. The first-order valence-electron chi connectivity index (χ1n) is 6.53. The van der Waals surface area contributed by atoms with Crippen LogP contribution in [0.4, 0.5) is 5.82 Å². The van der Waals surface area contributed by atoms with Crippen molar-refractivity contribution in [3.05, 3.63) is 35.9 Å². The Bertz CT molecular complexity index is 559. The zero-order valence-corrected chi connectivity index (χ0v) is 10.6. The number of pyridine rings is 1. The average molecular weight is 242 g/mol. The third kappa shape index (κ3) is 2.06. The van der Waals surface area contributed by atoms with Crippen LogP contribution in [0.1, 0.15) is 18.4 Å². The van der Waals surface area contributed by atoms with Crippen molar-refractivity contribution >= 4 is 16.7 Å². The highest BCUT2D eigenvalue weighted by Gasteiger charge is 2.19. The van der Waals surface area contributed by atoms with Crippen LogP contribution in [-0.4, -0.2) is 29.3 Å².